The van der Waals surface area contributed by atoms with Crippen LogP contribution in [0.2, 0.25) is 0 Å². The molecule has 3 N–H and O–H groups in total. The lowest BCUT2D eigenvalue weighted by Gasteiger charge is -2.34. The summed E-state index contributed by atoms with van der Waals surface area (Å²) in [5.74, 6) is 7.40. The van der Waals surface area contributed by atoms with Crippen LogP contribution in [0.3, 0.4) is 0 Å². The van der Waals surface area contributed by atoms with Crippen molar-refractivity contribution < 1.29 is 9.21 Å². The van der Waals surface area contributed by atoms with Crippen molar-refractivity contribution in [3.8, 4) is 0 Å². The molecule has 106 valence electrons. The van der Waals surface area contributed by atoms with Crippen molar-refractivity contribution in [3.05, 3.63) is 23.2 Å². The van der Waals surface area contributed by atoms with Crippen molar-refractivity contribution in [1.29, 1.82) is 0 Å². The van der Waals surface area contributed by atoms with Gasteiger partial charge in [0.1, 0.15) is 5.76 Å². The first-order valence-electron chi connectivity index (χ1n) is 6.84. The Bertz CT molecular complexity index is 456. The topological polar surface area (TPSA) is 71.5 Å². The van der Waals surface area contributed by atoms with E-state index in [-0.39, 0.29) is 5.91 Å². The fraction of sp³-hybridized carbons (Fsp3) is 0.643. The molecular weight excluding hydrogens is 242 g/mol. The fourth-order valence-corrected chi connectivity index (χ4v) is 2.63. The normalized spacial score (nSPS) is 24.4. The Morgan fingerprint density at radius 1 is 1.53 bits per heavy atom. The largest absolute Gasteiger partial charge is 0.454 e. The third-order valence-electron chi connectivity index (χ3n) is 4.10. The minimum absolute atomic E-state index is 0.316. The number of hydrogen-bond acceptors (Lipinski definition) is 4. The number of amides is 1. The van der Waals surface area contributed by atoms with E-state index >= 15 is 0 Å². The number of carbonyl (C=O) groups excluding carboxylic acids is 1. The molecule has 2 rings (SSSR count). The van der Waals surface area contributed by atoms with Crippen LogP contribution in [0.1, 0.15) is 42.1 Å². The molecule has 2 atom stereocenters. The molecule has 1 aliphatic rings. The summed E-state index contributed by atoms with van der Waals surface area (Å²) >= 11 is 0. The minimum atomic E-state index is -0.371. The summed E-state index contributed by atoms with van der Waals surface area (Å²) in [6, 6.07) is 1.92. The summed E-state index contributed by atoms with van der Waals surface area (Å²) < 4.78 is 5.60. The van der Waals surface area contributed by atoms with Gasteiger partial charge in [-0.25, -0.2) is 5.84 Å². The van der Waals surface area contributed by atoms with Crippen molar-refractivity contribution in [2.24, 2.45) is 17.7 Å². The first-order valence-corrected chi connectivity index (χ1v) is 6.84. The van der Waals surface area contributed by atoms with Crippen LogP contribution in [-0.4, -0.2) is 23.9 Å². The predicted molar refractivity (Wildman–Crippen MR) is 73.3 cm³/mol. The molecule has 0 spiro atoms. The molecule has 1 amide bonds. The van der Waals surface area contributed by atoms with Crippen LogP contribution in [0.5, 0.6) is 0 Å². The lowest BCUT2D eigenvalue weighted by Crippen LogP contribution is -2.37. The van der Waals surface area contributed by atoms with Gasteiger partial charge in [-0.05, 0) is 37.8 Å². The van der Waals surface area contributed by atoms with Gasteiger partial charge in [-0.2, -0.15) is 0 Å². The molecule has 1 aromatic rings. The lowest BCUT2D eigenvalue weighted by atomic mass is 9.89. The number of piperidine rings is 1. The van der Waals surface area contributed by atoms with E-state index in [4.69, 9.17) is 10.3 Å². The number of hydrazine groups is 1. The van der Waals surface area contributed by atoms with E-state index in [9.17, 15) is 4.79 Å². The molecule has 1 aliphatic heterocycles. The lowest BCUT2D eigenvalue weighted by molar-refractivity contribution is 0.0915. The summed E-state index contributed by atoms with van der Waals surface area (Å²) in [6.07, 6.45) is 1.22. The third kappa shape index (κ3) is 3.16. The molecule has 1 aromatic heterocycles. The molecule has 2 heterocycles. The van der Waals surface area contributed by atoms with Crippen molar-refractivity contribution in [3.63, 3.8) is 0 Å². The summed E-state index contributed by atoms with van der Waals surface area (Å²) in [7, 11) is 0. The Morgan fingerprint density at radius 3 is 2.89 bits per heavy atom. The molecular formula is C14H23N3O2. The Balaban J connectivity index is 2.02. The Hall–Kier alpha value is -1.33. The standard InChI is InChI=1S/C14H23N3O2/c1-9-4-5-17(7-11(9)3)8-12-6-10(2)13(19-12)14(18)16-15/h6,9,11H,4-5,7-8,15H2,1-3H3,(H,16,18). The van der Waals surface area contributed by atoms with E-state index in [1.54, 1.807) is 0 Å². The first kappa shape index (κ1) is 14.1. The molecule has 0 bridgehead atoms. The van der Waals surface area contributed by atoms with Gasteiger partial charge < -0.3 is 4.42 Å². The number of aryl methyl sites for hydroxylation is 1. The number of nitrogen functional groups attached to an aromatic ring is 1. The van der Waals surface area contributed by atoms with E-state index in [0.29, 0.717) is 11.7 Å². The average molecular weight is 265 g/mol. The van der Waals surface area contributed by atoms with Crippen LogP contribution in [-0.2, 0) is 6.54 Å². The van der Waals surface area contributed by atoms with Crippen molar-refractivity contribution in [2.45, 2.75) is 33.7 Å². The number of nitrogens with two attached hydrogens (primary N) is 1. The predicted octanol–water partition coefficient (Wildman–Crippen LogP) is 1.67. The van der Waals surface area contributed by atoms with Crippen LogP contribution >= 0.6 is 0 Å². The van der Waals surface area contributed by atoms with E-state index in [1.807, 2.05) is 13.0 Å². The third-order valence-corrected chi connectivity index (χ3v) is 4.10. The Morgan fingerprint density at radius 2 is 2.26 bits per heavy atom. The van der Waals surface area contributed by atoms with Crippen molar-refractivity contribution in [1.82, 2.24) is 10.3 Å². The van der Waals surface area contributed by atoms with Gasteiger partial charge in [0.25, 0.3) is 0 Å². The van der Waals surface area contributed by atoms with Gasteiger partial charge in [-0.3, -0.25) is 15.1 Å². The maximum absolute atomic E-state index is 11.5. The van der Waals surface area contributed by atoms with Crippen molar-refractivity contribution >= 4 is 5.91 Å². The molecule has 5 nitrogen and oxygen atoms in total. The van der Waals surface area contributed by atoms with Crippen molar-refractivity contribution in [2.75, 3.05) is 13.1 Å². The molecule has 0 aromatic carbocycles. The van der Waals surface area contributed by atoms with Gasteiger partial charge in [0.15, 0.2) is 5.76 Å². The van der Waals surface area contributed by atoms with E-state index < -0.39 is 0 Å². The Kier molecular flexibility index (Phi) is 4.27. The average Bonchev–Trinajstić information content (AvgIpc) is 2.74. The second-order valence-electron chi connectivity index (χ2n) is 5.68. The van der Waals surface area contributed by atoms with Crippen LogP contribution in [0.25, 0.3) is 0 Å². The first-order chi connectivity index (χ1) is 9.01. The van der Waals surface area contributed by atoms with E-state index in [0.717, 1.165) is 36.9 Å². The number of furan rings is 1. The zero-order chi connectivity index (χ0) is 14.0. The summed E-state index contributed by atoms with van der Waals surface area (Å²) in [4.78, 5) is 13.9. The SMILES string of the molecule is Cc1cc(CN2CCC(C)C(C)C2)oc1C(=O)NN. The molecule has 5 heteroatoms. The number of hydrogen-bond donors (Lipinski definition) is 2. The summed E-state index contributed by atoms with van der Waals surface area (Å²) in [5, 5.41) is 0. The molecule has 2 unspecified atom stereocenters. The van der Waals surface area contributed by atoms with Gasteiger partial charge in [0.05, 0.1) is 6.54 Å². The number of nitrogens with one attached hydrogen (secondary N) is 1. The van der Waals surface area contributed by atoms with Crippen LogP contribution in [0.4, 0.5) is 0 Å². The maximum Gasteiger partial charge on any atom is 0.301 e. The highest BCUT2D eigenvalue weighted by Crippen LogP contribution is 2.24. The summed E-state index contributed by atoms with van der Waals surface area (Å²) in [6.45, 7) is 9.39. The van der Waals surface area contributed by atoms with E-state index in [1.165, 1.54) is 6.42 Å². The van der Waals surface area contributed by atoms with E-state index in [2.05, 4.69) is 24.2 Å². The number of likely N-dealkylation sites (tertiary alicyclic amines) is 1. The molecule has 1 fully saturated rings. The zero-order valence-electron chi connectivity index (χ0n) is 11.9. The second kappa shape index (κ2) is 5.75. The molecule has 0 aliphatic carbocycles. The highest BCUT2D eigenvalue weighted by Gasteiger charge is 2.24. The maximum atomic E-state index is 11.5. The second-order valence-corrected chi connectivity index (χ2v) is 5.68. The van der Waals surface area contributed by atoms with Crippen LogP contribution < -0.4 is 11.3 Å². The number of rotatable bonds is 3. The van der Waals surface area contributed by atoms with Gasteiger partial charge >= 0.3 is 5.91 Å². The fourth-order valence-electron chi connectivity index (χ4n) is 2.63. The molecule has 19 heavy (non-hydrogen) atoms. The smallest absolute Gasteiger partial charge is 0.301 e. The summed E-state index contributed by atoms with van der Waals surface area (Å²) in [5.41, 5.74) is 2.94. The molecule has 0 saturated carbocycles. The molecule has 0 radical (unpaired) electrons. The van der Waals surface area contributed by atoms with Gasteiger partial charge in [-0.1, -0.05) is 13.8 Å². The number of carbonyl (C=O) groups is 1. The van der Waals surface area contributed by atoms with Gasteiger partial charge in [0.2, 0.25) is 0 Å². The highest BCUT2D eigenvalue weighted by molar-refractivity contribution is 5.92. The van der Waals surface area contributed by atoms with Gasteiger partial charge in [0, 0.05) is 12.1 Å². The van der Waals surface area contributed by atoms with Gasteiger partial charge in [-0.15, -0.1) is 0 Å². The molecule has 1 saturated heterocycles. The van der Waals surface area contributed by atoms with Crippen LogP contribution in [0, 0.1) is 18.8 Å². The Labute approximate surface area is 114 Å². The monoisotopic (exact) mass is 265 g/mol. The quantitative estimate of drug-likeness (QED) is 0.495. The number of nitrogens with zero attached hydrogens (tertiary/aromatic N) is 1. The zero-order valence-corrected chi connectivity index (χ0v) is 11.9. The highest BCUT2D eigenvalue weighted by atomic mass is 16.4. The minimum Gasteiger partial charge on any atom is -0.454 e. The van der Waals surface area contributed by atoms with Crippen LogP contribution in [0.15, 0.2) is 10.5 Å².